The maximum Gasteiger partial charge on any atom is 0.140 e. The number of aliphatic hydroxyl groups is 1. The quantitative estimate of drug-likeness (QED) is 0.673. The SMILES string of the molecule is NC1(c2cc(Br)c(F)cc2F)COC(COCc2ccccc2)CC1CO. The van der Waals surface area contributed by atoms with E-state index in [1.54, 1.807) is 0 Å². The van der Waals surface area contributed by atoms with Crippen LogP contribution in [0.5, 0.6) is 0 Å². The Bertz CT molecular complexity index is 777. The van der Waals surface area contributed by atoms with Crippen LogP contribution in [0.1, 0.15) is 17.5 Å². The van der Waals surface area contributed by atoms with Crippen molar-refractivity contribution < 1.29 is 23.4 Å². The number of rotatable bonds is 6. The summed E-state index contributed by atoms with van der Waals surface area (Å²) in [5, 5.41) is 9.84. The molecular weight excluding hydrogens is 420 g/mol. The molecule has 1 fully saturated rings. The number of halogens is 3. The molecule has 3 rings (SSSR count). The highest BCUT2D eigenvalue weighted by Gasteiger charge is 2.44. The van der Waals surface area contributed by atoms with Crippen molar-refractivity contribution >= 4 is 15.9 Å². The van der Waals surface area contributed by atoms with E-state index in [0.29, 0.717) is 19.6 Å². The van der Waals surface area contributed by atoms with E-state index < -0.39 is 23.1 Å². The van der Waals surface area contributed by atoms with Gasteiger partial charge in [0.15, 0.2) is 0 Å². The molecule has 7 heteroatoms. The first-order valence-corrected chi connectivity index (χ1v) is 9.51. The third-order valence-corrected chi connectivity index (χ3v) is 5.59. The smallest absolute Gasteiger partial charge is 0.140 e. The van der Waals surface area contributed by atoms with Crippen LogP contribution in [-0.4, -0.2) is 31.0 Å². The van der Waals surface area contributed by atoms with Crippen molar-refractivity contribution in [3.63, 3.8) is 0 Å². The van der Waals surface area contributed by atoms with Crippen LogP contribution in [0.2, 0.25) is 0 Å². The molecule has 3 atom stereocenters. The third kappa shape index (κ3) is 4.55. The van der Waals surface area contributed by atoms with Crippen molar-refractivity contribution in [2.24, 2.45) is 11.7 Å². The normalized spacial score (nSPS) is 25.5. The van der Waals surface area contributed by atoms with Gasteiger partial charge in [0.05, 0.1) is 35.9 Å². The van der Waals surface area contributed by atoms with Crippen LogP contribution in [0.25, 0.3) is 0 Å². The molecule has 1 aliphatic heterocycles. The van der Waals surface area contributed by atoms with E-state index in [1.807, 2.05) is 30.3 Å². The average molecular weight is 442 g/mol. The van der Waals surface area contributed by atoms with E-state index in [4.69, 9.17) is 15.2 Å². The zero-order valence-electron chi connectivity index (χ0n) is 14.7. The molecule has 4 nitrogen and oxygen atoms in total. The van der Waals surface area contributed by atoms with Gasteiger partial charge in [-0.05, 0) is 34.0 Å². The second kappa shape index (κ2) is 8.75. The van der Waals surface area contributed by atoms with Crippen molar-refractivity contribution in [3.8, 4) is 0 Å². The van der Waals surface area contributed by atoms with Gasteiger partial charge < -0.3 is 20.3 Å². The van der Waals surface area contributed by atoms with Gasteiger partial charge in [0.25, 0.3) is 0 Å². The van der Waals surface area contributed by atoms with E-state index in [-0.39, 0.29) is 29.4 Å². The maximum atomic E-state index is 14.4. The molecule has 146 valence electrons. The topological polar surface area (TPSA) is 64.7 Å². The fourth-order valence-electron chi connectivity index (χ4n) is 3.38. The molecule has 0 bridgehead atoms. The Hall–Kier alpha value is -1.38. The number of hydrogen-bond donors (Lipinski definition) is 2. The van der Waals surface area contributed by atoms with Crippen molar-refractivity contribution in [1.29, 1.82) is 0 Å². The van der Waals surface area contributed by atoms with Gasteiger partial charge in [0, 0.05) is 24.2 Å². The predicted molar refractivity (Wildman–Crippen MR) is 101 cm³/mol. The van der Waals surface area contributed by atoms with Crippen LogP contribution >= 0.6 is 15.9 Å². The Morgan fingerprint density at radius 1 is 1.22 bits per heavy atom. The molecule has 0 aliphatic carbocycles. The van der Waals surface area contributed by atoms with Gasteiger partial charge in [-0.1, -0.05) is 30.3 Å². The number of hydrogen-bond acceptors (Lipinski definition) is 4. The molecule has 0 radical (unpaired) electrons. The molecule has 0 saturated carbocycles. The fraction of sp³-hybridized carbons (Fsp3) is 0.400. The fourth-order valence-corrected chi connectivity index (χ4v) is 3.73. The molecule has 0 amide bonds. The van der Waals surface area contributed by atoms with Crippen molar-refractivity contribution in [1.82, 2.24) is 0 Å². The number of ether oxygens (including phenoxy) is 2. The first-order chi connectivity index (χ1) is 12.9. The zero-order valence-corrected chi connectivity index (χ0v) is 16.3. The van der Waals surface area contributed by atoms with Gasteiger partial charge in [-0.2, -0.15) is 0 Å². The minimum atomic E-state index is -1.25. The first-order valence-electron chi connectivity index (χ1n) is 8.72. The highest BCUT2D eigenvalue weighted by molar-refractivity contribution is 9.10. The van der Waals surface area contributed by atoms with Crippen molar-refractivity contribution in [2.75, 3.05) is 19.8 Å². The van der Waals surface area contributed by atoms with E-state index in [1.165, 1.54) is 6.07 Å². The number of aliphatic hydroxyl groups excluding tert-OH is 1. The van der Waals surface area contributed by atoms with Crippen LogP contribution < -0.4 is 5.73 Å². The summed E-state index contributed by atoms with van der Waals surface area (Å²) < 4.78 is 39.5. The summed E-state index contributed by atoms with van der Waals surface area (Å²) in [6, 6.07) is 11.9. The second-order valence-corrected chi connectivity index (χ2v) is 7.69. The molecule has 3 unspecified atom stereocenters. The van der Waals surface area contributed by atoms with E-state index in [9.17, 15) is 13.9 Å². The molecule has 27 heavy (non-hydrogen) atoms. The standard InChI is InChI=1S/C20H22BrF2NO3/c21-17-7-16(18(22)8-19(17)23)20(24)12-27-15(6-14(20)9-25)11-26-10-13-4-2-1-3-5-13/h1-5,7-8,14-15,25H,6,9-12,24H2. The van der Waals surface area contributed by atoms with Gasteiger partial charge in [-0.15, -0.1) is 0 Å². The van der Waals surface area contributed by atoms with Crippen molar-refractivity contribution in [3.05, 3.63) is 69.7 Å². The molecule has 0 aromatic heterocycles. The van der Waals surface area contributed by atoms with Gasteiger partial charge in [0.2, 0.25) is 0 Å². The summed E-state index contributed by atoms with van der Waals surface area (Å²) >= 11 is 3.06. The summed E-state index contributed by atoms with van der Waals surface area (Å²) in [6.45, 7) is 0.574. The average Bonchev–Trinajstić information content (AvgIpc) is 2.67. The Morgan fingerprint density at radius 2 is 1.96 bits per heavy atom. The van der Waals surface area contributed by atoms with Gasteiger partial charge in [0.1, 0.15) is 11.6 Å². The highest BCUT2D eigenvalue weighted by atomic mass is 79.9. The van der Waals surface area contributed by atoms with Crippen LogP contribution in [0.4, 0.5) is 8.78 Å². The van der Waals surface area contributed by atoms with Crippen LogP contribution in [0.15, 0.2) is 46.9 Å². The molecule has 3 N–H and O–H groups in total. The molecular formula is C20H22BrF2NO3. The lowest BCUT2D eigenvalue weighted by Gasteiger charge is -2.43. The van der Waals surface area contributed by atoms with Crippen LogP contribution in [0.3, 0.4) is 0 Å². The zero-order chi connectivity index (χ0) is 19.4. The van der Waals surface area contributed by atoms with Gasteiger partial charge >= 0.3 is 0 Å². The lowest BCUT2D eigenvalue weighted by atomic mass is 9.75. The third-order valence-electron chi connectivity index (χ3n) is 4.98. The Balaban J connectivity index is 1.66. The van der Waals surface area contributed by atoms with Gasteiger partial charge in [-0.3, -0.25) is 0 Å². The highest BCUT2D eigenvalue weighted by Crippen LogP contribution is 2.38. The molecule has 1 aliphatic rings. The summed E-state index contributed by atoms with van der Waals surface area (Å²) in [7, 11) is 0. The van der Waals surface area contributed by atoms with Crippen LogP contribution in [0, 0.1) is 17.6 Å². The minimum Gasteiger partial charge on any atom is -0.396 e. The lowest BCUT2D eigenvalue weighted by molar-refractivity contribution is -0.106. The van der Waals surface area contributed by atoms with E-state index in [0.717, 1.165) is 11.6 Å². The Kier molecular flexibility index (Phi) is 6.60. The molecule has 1 saturated heterocycles. The first kappa shape index (κ1) is 20.4. The van der Waals surface area contributed by atoms with Gasteiger partial charge in [-0.25, -0.2) is 8.78 Å². The number of benzene rings is 2. The Morgan fingerprint density at radius 3 is 2.67 bits per heavy atom. The van der Waals surface area contributed by atoms with E-state index in [2.05, 4.69) is 15.9 Å². The summed E-state index contributed by atoms with van der Waals surface area (Å²) in [4.78, 5) is 0. The molecule has 0 spiro atoms. The number of nitrogens with two attached hydrogens (primary N) is 1. The molecule has 2 aromatic carbocycles. The monoisotopic (exact) mass is 441 g/mol. The molecule has 1 heterocycles. The molecule has 2 aromatic rings. The summed E-state index contributed by atoms with van der Waals surface area (Å²) in [5.41, 5.74) is 6.36. The maximum absolute atomic E-state index is 14.4. The summed E-state index contributed by atoms with van der Waals surface area (Å²) in [5.74, 6) is -1.90. The largest absolute Gasteiger partial charge is 0.396 e. The minimum absolute atomic E-state index is 0.00653. The predicted octanol–water partition coefficient (Wildman–Crippen LogP) is 3.50. The van der Waals surface area contributed by atoms with Crippen molar-refractivity contribution in [2.45, 2.75) is 24.7 Å². The Labute approximate surface area is 165 Å². The summed E-state index contributed by atoms with van der Waals surface area (Å²) in [6.07, 6.45) is 0.158. The second-order valence-electron chi connectivity index (χ2n) is 6.84. The van der Waals surface area contributed by atoms with E-state index >= 15 is 0 Å². The lowest BCUT2D eigenvalue weighted by Crippen LogP contribution is -2.56. The van der Waals surface area contributed by atoms with Crippen LogP contribution in [-0.2, 0) is 21.6 Å².